The Morgan fingerprint density at radius 1 is 1.17 bits per heavy atom. The van der Waals surface area contributed by atoms with Gasteiger partial charge in [0, 0.05) is 6.07 Å². The second kappa shape index (κ2) is 4.91. The van der Waals surface area contributed by atoms with Crippen molar-refractivity contribution >= 4 is 0 Å². The average molecular weight is 246 g/mol. The SMILES string of the molecule is CCc1cc(-c2cc(=O)[nH]c(=O)[nH]2)ccc1OC. The van der Waals surface area contributed by atoms with Crippen molar-refractivity contribution in [3.63, 3.8) is 0 Å². The molecule has 0 unspecified atom stereocenters. The summed E-state index contributed by atoms with van der Waals surface area (Å²) in [4.78, 5) is 27.2. The molecule has 0 saturated carbocycles. The molecule has 5 heteroatoms. The third kappa shape index (κ3) is 2.34. The van der Waals surface area contributed by atoms with Gasteiger partial charge in [-0.1, -0.05) is 6.92 Å². The predicted octanol–water partition coefficient (Wildman–Crippen LogP) is 1.30. The molecular weight excluding hydrogens is 232 g/mol. The molecule has 0 amide bonds. The van der Waals surface area contributed by atoms with Crippen LogP contribution in [0, 0.1) is 0 Å². The number of methoxy groups -OCH3 is 1. The van der Waals surface area contributed by atoms with Gasteiger partial charge in [0.2, 0.25) is 0 Å². The Hall–Kier alpha value is -2.30. The molecule has 0 atom stereocenters. The molecular formula is C13H14N2O3. The van der Waals surface area contributed by atoms with Crippen LogP contribution in [0.3, 0.4) is 0 Å². The van der Waals surface area contributed by atoms with Gasteiger partial charge in [-0.2, -0.15) is 0 Å². The van der Waals surface area contributed by atoms with Gasteiger partial charge in [0.25, 0.3) is 5.56 Å². The fourth-order valence-electron chi connectivity index (χ4n) is 1.85. The third-order valence-electron chi connectivity index (χ3n) is 2.73. The lowest BCUT2D eigenvalue weighted by atomic mass is 10.1. The number of hydrogen-bond acceptors (Lipinski definition) is 3. The van der Waals surface area contributed by atoms with Gasteiger partial charge in [0.15, 0.2) is 0 Å². The average Bonchev–Trinajstić information content (AvgIpc) is 2.36. The Kier molecular flexibility index (Phi) is 3.32. The van der Waals surface area contributed by atoms with Gasteiger partial charge in [-0.05, 0) is 35.7 Å². The van der Waals surface area contributed by atoms with Crippen molar-refractivity contribution in [3.05, 3.63) is 50.7 Å². The highest BCUT2D eigenvalue weighted by Gasteiger charge is 2.05. The zero-order chi connectivity index (χ0) is 13.1. The van der Waals surface area contributed by atoms with Crippen LogP contribution in [0.4, 0.5) is 0 Å². The maximum atomic E-state index is 11.3. The molecule has 0 saturated heterocycles. The molecule has 0 spiro atoms. The van der Waals surface area contributed by atoms with Crippen LogP contribution in [-0.2, 0) is 6.42 Å². The van der Waals surface area contributed by atoms with Crippen molar-refractivity contribution in [2.45, 2.75) is 13.3 Å². The van der Waals surface area contributed by atoms with Gasteiger partial charge in [-0.15, -0.1) is 0 Å². The molecule has 2 rings (SSSR count). The number of hydrogen-bond donors (Lipinski definition) is 2. The molecule has 18 heavy (non-hydrogen) atoms. The minimum atomic E-state index is -0.508. The summed E-state index contributed by atoms with van der Waals surface area (Å²) in [5.41, 5.74) is 1.39. The topological polar surface area (TPSA) is 75.0 Å². The van der Waals surface area contributed by atoms with Crippen LogP contribution in [0.25, 0.3) is 11.3 Å². The van der Waals surface area contributed by atoms with E-state index < -0.39 is 11.2 Å². The monoisotopic (exact) mass is 246 g/mol. The number of aromatic amines is 2. The minimum Gasteiger partial charge on any atom is -0.496 e. The number of benzene rings is 1. The first kappa shape index (κ1) is 12.2. The number of ether oxygens (including phenoxy) is 1. The third-order valence-corrected chi connectivity index (χ3v) is 2.73. The molecule has 1 aromatic carbocycles. The highest BCUT2D eigenvalue weighted by molar-refractivity contribution is 5.61. The van der Waals surface area contributed by atoms with Crippen molar-refractivity contribution in [1.82, 2.24) is 9.97 Å². The molecule has 0 bridgehead atoms. The fraction of sp³-hybridized carbons (Fsp3) is 0.231. The Labute approximate surface area is 103 Å². The van der Waals surface area contributed by atoms with Gasteiger partial charge in [0.05, 0.1) is 12.8 Å². The summed E-state index contributed by atoms with van der Waals surface area (Å²) in [5.74, 6) is 0.799. The lowest BCUT2D eigenvalue weighted by molar-refractivity contribution is 0.410. The van der Waals surface area contributed by atoms with E-state index >= 15 is 0 Å². The number of rotatable bonds is 3. The molecule has 0 aliphatic rings. The maximum absolute atomic E-state index is 11.3. The van der Waals surface area contributed by atoms with E-state index in [0.29, 0.717) is 5.69 Å². The van der Waals surface area contributed by atoms with Gasteiger partial charge in [-0.3, -0.25) is 9.78 Å². The Morgan fingerprint density at radius 3 is 2.56 bits per heavy atom. The summed E-state index contributed by atoms with van der Waals surface area (Å²) >= 11 is 0. The summed E-state index contributed by atoms with van der Waals surface area (Å²) in [6, 6.07) is 6.91. The van der Waals surface area contributed by atoms with E-state index in [4.69, 9.17) is 4.74 Å². The van der Waals surface area contributed by atoms with Crippen molar-refractivity contribution in [3.8, 4) is 17.0 Å². The van der Waals surface area contributed by atoms with Crippen LogP contribution in [0.1, 0.15) is 12.5 Å². The highest BCUT2D eigenvalue weighted by atomic mass is 16.5. The quantitative estimate of drug-likeness (QED) is 0.857. The summed E-state index contributed by atoms with van der Waals surface area (Å²) in [7, 11) is 1.61. The molecule has 2 aromatic rings. The van der Waals surface area contributed by atoms with Gasteiger partial charge >= 0.3 is 5.69 Å². The molecule has 5 nitrogen and oxygen atoms in total. The van der Waals surface area contributed by atoms with Crippen LogP contribution >= 0.6 is 0 Å². The molecule has 94 valence electrons. The summed E-state index contributed by atoms with van der Waals surface area (Å²) in [5, 5.41) is 0. The van der Waals surface area contributed by atoms with Crippen LogP contribution in [0.15, 0.2) is 33.9 Å². The van der Waals surface area contributed by atoms with Crippen molar-refractivity contribution in [1.29, 1.82) is 0 Å². The molecule has 2 N–H and O–H groups in total. The van der Waals surface area contributed by atoms with E-state index in [-0.39, 0.29) is 0 Å². The molecule has 1 aromatic heterocycles. The van der Waals surface area contributed by atoms with E-state index in [1.807, 2.05) is 25.1 Å². The smallest absolute Gasteiger partial charge is 0.326 e. The van der Waals surface area contributed by atoms with Crippen LogP contribution < -0.4 is 16.0 Å². The molecule has 0 fully saturated rings. The second-order valence-electron chi connectivity index (χ2n) is 3.88. The molecule has 1 heterocycles. The number of H-pyrrole nitrogens is 2. The lowest BCUT2D eigenvalue weighted by Gasteiger charge is -2.09. The Morgan fingerprint density at radius 2 is 1.94 bits per heavy atom. The first-order valence-electron chi connectivity index (χ1n) is 5.65. The van der Waals surface area contributed by atoms with Gasteiger partial charge < -0.3 is 9.72 Å². The van der Waals surface area contributed by atoms with Crippen LogP contribution in [-0.4, -0.2) is 17.1 Å². The van der Waals surface area contributed by atoms with Crippen molar-refractivity contribution in [2.75, 3.05) is 7.11 Å². The summed E-state index contributed by atoms with van der Waals surface area (Å²) in [6.45, 7) is 2.02. The Bertz CT molecular complexity index is 642. The number of aryl methyl sites for hydroxylation is 1. The molecule has 0 aliphatic carbocycles. The van der Waals surface area contributed by atoms with Gasteiger partial charge in [0.1, 0.15) is 5.75 Å². The van der Waals surface area contributed by atoms with E-state index in [9.17, 15) is 9.59 Å². The lowest BCUT2D eigenvalue weighted by Crippen LogP contribution is -2.21. The molecule has 0 radical (unpaired) electrons. The van der Waals surface area contributed by atoms with Crippen LogP contribution in [0.2, 0.25) is 0 Å². The summed E-state index contributed by atoms with van der Waals surface area (Å²) < 4.78 is 5.23. The van der Waals surface area contributed by atoms with Crippen molar-refractivity contribution in [2.24, 2.45) is 0 Å². The number of aromatic nitrogens is 2. The predicted molar refractivity (Wildman–Crippen MR) is 69.0 cm³/mol. The maximum Gasteiger partial charge on any atom is 0.326 e. The first-order valence-corrected chi connectivity index (χ1v) is 5.65. The van der Waals surface area contributed by atoms with E-state index in [2.05, 4.69) is 9.97 Å². The fourth-order valence-corrected chi connectivity index (χ4v) is 1.85. The van der Waals surface area contributed by atoms with Gasteiger partial charge in [-0.25, -0.2) is 4.79 Å². The largest absolute Gasteiger partial charge is 0.496 e. The number of nitrogens with one attached hydrogen (secondary N) is 2. The normalized spacial score (nSPS) is 10.3. The van der Waals surface area contributed by atoms with Crippen LogP contribution in [0.5, 0.6) is 5.75 Å². The second-order valence-corrected chi connectivity index (χ2v) is 3.88. The molecule has 0 aliphatic heterocycles. The van der Waals surface area contributed by atoms with E-state index in [1.165, 1.54) is 6.07 Å². The van der Waals surface area contributed by atoms with E-state index in [1.54, 1.807) is 7.11 Å². The minimum absolute atomic E-state index is 0.414. The summed E-state index contributed by atoms with van der Waals surface area (Å²) in [6.07, 6.45) is 0.810. The Balaban J connectivity index is 2.57. The first-order chi connectivity index (χ1) is 8.63. The standard InChI is InChI=1S/C13H14N2O3/c1-3-8-6-9(4-5-11(8)18-2)10-7-12(16)15-13(17)14-10/h4-7H,3H2,1-2H3,(H2,14,15,16,17). The van der Waals surface area contributed by atoms with E-state index in [0.717, 1.165) is 23.3 Å². The zero-order valence-electron chi connectivity index (χ0n) is 10.2. The van der Waals surface area contributed by atoms with Crippen molar-refractivity contribution < 1.29 is 4.74 Å². The zero-order valence-corrected chi connectivity index (χ0v) is 10.2. The highest BCUT2D eigenvalue weighted by Crippen LogP contribution is 2.24.